The Morgan fingerprint density at radius 2 is 1.83 bits per heavy atom. The number of hydrogen-bond acceptors (Lipinski definition) is 7. The van der Waals surface area contributed by atoms with Crippen LogP contribution in [0.4, 0.5) is 5.69 Å². The summed E-state index contributed by atoms with van der Waals surface area (Å²) in [5, 5.41) is 7.42. The van der Waals surface area contributed by atoms with E-state index in [0.717, 1.165) is 15.3 Å². The monoisotopic (exact) mass is 421 g/mol. The molecule has 0 radical (unpaired) electrons. The van der Waals surface area contributed by atoms with E-state index in [1.165, 1.54) is 7.11 Å². The number of nitrogens with one attached hydrogen (secondary N) is 1. The maximum absolute atomic E-state index is 13.1. The second kappa shape index (κ2) is 7.72. The second-order valence-corrected chi connectivity index (χ2v) is 8.31. The molecule has 0 spiro atoms. The molecule has 7 nitrogen and oxygen atoms in total. The summed E-state index contributed by atoms with van der Waals surface area (Å²) in [6.45, 7) is 5.83. The average Bonchev–Trinajstić information content (AvgIpc) is 3.28. The quantitative estimate of drug-likeness (QED) is 0.470. The molecule has 30 heavy (non-hydrogen) atoms. The summed E-state index contributed by atoms with van der Waals surface area (Å²) in [7, 11) is 1.32. The number of benzene rings is 1. The molecule has 0 bridgehead atoms. The van der Waals surface area contributed by atoms with Crippen LogP contribution < -0.4 is 5.32 Å². The second-order valence-electron chi connectivity index (χ2n) is 6.85. The first-order valence-corrected chi connectivity index (χ1v) is 10.0. The van der Waals surface area contributed by atoms with Gasteiger partial charge in [-0.05, 0) is 57.2 Å². The highest BCUT2D eigenvalue weighted by molar-refractivity contribution is 7.12. The minimum absolute atomic E-state index is 0.314. The standard InChI is InChI=1S/C22H19N3O4S/c1-11-9-16(13(3)30-11)18-10-17(19-12(2)25-29-21(19)24-18)20(26)23-15-7-5-14(6-8-15)22(27)28-4/h5-10H,1-4H3,(H,23,26). The minimum Gasteiger partial charge on any atom is -0.465 e. The summed E-state index contributed by atoms with van der Waals surface area (Å²) in [6.07, 6.45) is 0. The molecule has 4 aromatic rings. The Kier molecular flexibility index (Phi) is 5.09. The number of aromatic nitrogens is 2. The zero-order chi connectivity index (χ0) is 21.4. The molecule has 0 unspecified atom stereocenters. The van der Waals surface area contributed by atoms with Crippen molar-refractivity contribution in [2.75, 3.05) is 12.4 Å². The molecule has 0 saturated carbocycles. The molecular weight excluding hydrogens is 402 g/mol. The van der Waals surface area contributed by atoms with Crippen molar-refractivity contribution in [3.63, 3.8) is 0 Å². The van der Waals surface area contributed by atoms with Gasteiger partial charge in [0.15, 0.2) is 0 Å². The van der Waals surface area contributed by atoms with Crippen LogP contribution in [0, 0.1) is 20.8 Å². The molecular formula is C22H19N3O4S. The van der Waals surface area contributed by atoms with Crippen molar-refractivity contribution in [1.29, 1.82) is 0 Å². The van der Waals surface area contributed by atoms with Gasteiger partial charge in [0.05, 0.1) is 35.0 Å². The van der Waals surface area contributed by atoms with Crippen LogP contribution in [0.1, 0.15) is 36.2 Å². The average molecular weight is 421 g/mol. The van der Waals surface area contributed by atoms with E-state index in [9.17, 15) is 9.59 Å². The number of methoxy groups -OCH3 is 1. The molecule has 0 fully saturated rings. The smallest absolute Gasteiger partial charge is 0.337 e. The van der Waals surface area contributed by atoms with E-state index < -0.39 is 5.97 Å². The van der Waals surface area contributed by atoms with Crippen molar-refractivity contribution < 1.29 is 18.8 Å². The highest BCUT2D eigenvalue weighted by atomic mass is 32.1. The summed E-state index contributed by atoms with van der Waals surface area (Å²) in [5.41, 5.74) is 3.91. The van der Waals surface area contributed by atoms with E-state index in [-0.39, 0.29) is 5.91 Å². The third kappa shape index (κ3) is 3.57. The number of nitrogens with zero attached hydrogens (tertiary/aromatic N) is 2. The normalized spacial score (nSPS) is 10.9. The van der Waals surface area contributed by atoms with E-state index in [0.29, 0.717) is 39.3 Å². The highest BCUT2D eigenvalue weighted by Crippen LogP contribution is 2.33. The molecule has 8 heteroatoms. The van der Waals surface area contributed by atoms with Gasteiger partial charge in [-0.1, -0.05) is 5.16 Å². The number of ether oxygens (including phenoxy) is 1. The lowest BCUT2D eigenvalue weighted by Gasteiger charge is -2.09. The highest BCUT2D eigenvalue weighted by Gasteiger charge is 2.21. The Morgan fingerprint density at radius 3 is 2.47 bits per heavy atom. The summed E-state index contributed by atoms with van der Waals surface area (Å²) in [5.74, 6) is -0.750. The number of thiophene rings is 1. The zero-order valence-electron chi connectivity index (χ0n) is 16.9. The van der Waals surface area contributed by atoms with Gasteiger partial charge in [-0.15, -0.1) is 11.3 Å². The molecule has 0 atom stereocenters. The van der Waals surface area contributed by atoms with E-state index in [4.69, 9.17) is 9.26 Å². The Bertz CT molecular complexity index is 1270. The Labute approximate surface area is 176 Å². The maximum atomic E-state index is 13.1. The maximum Gasteiger partial charge on any atom is 0.337 e. The summed E-state index contributed by atoms with van der Waals surface area (Å²) >= 11 is 1.67. The topological polar surface area (TPSA) is 94.3 Å². The lowest BCUT2D eigenvalue weighted by Crippen LogP contribution is -2.13. The molecule has 0 saturated heterocycles. The fourth-order valence-electron chi connectivity index (χ4n) is 3.30. The van der Waals surface area contributed by atoms with Crippen LogP contribution in [0.3, 0.4) is 0 Å². The SMILES string of the molecule is COC(=O)c1ccc(NC(=O)c2cc(-c3cc(C)sc3C)nc3onc(C)c23)cc1. The van der Waals surface area contributed by atoms with Crippen molar-refractivity contribution >= 4 is 40.0 Å². The van der Waals surface area contributed by atoms with Gasteiger partial charge in [0, 0.05) is 21.0 Å². The lowest BCUT2D eigenvalue weighted by molar-refractivity contribution is 0.0600. The molecule has 1 N–H and O–H groups in total. The lowest BCUT2D eigenvalue weighted by atomic mass is 10.1. The molecule has 0 aliphatic carbocycles. The van der Waals surface area contributed by atoms with Crippen molar-refractivity contribution in [2.24, 2.45) is 0 Å². The first-order valence-electron chi connectivity index (χ1n) is 9.21. The predicted octanol–water partition coefficient (Wildman–Crippen LogP) is 4.92. The molecule has 3 aromatic heterocycles. The van der Waals surface area contributed by atoms with Gasteiger partial charge >= 0.3 is 5.97 Å². The predicted molar refractivity (Wildman–Crippen MR) is 115 cm³/mol. The van der Waals surface area contributed by atoms with Crippen LogP contribution in [0.25, 0.3) is 22.4 Å². The fourth-order valence-corrected chi connectivity index (χ4v) is 4.24. The number of pyridine rings is 1. The van der Waals surface area contributed by atoms with Gasteiger partial charge in [-0.2, -0.15) is 0 Å². The number of aryl methyl sites for hydroxylation is 3. The molecule has 3 heterocycles. The Morgan fingerprint density at radius 1 is 1.10 bits per heavy atom. The third-order valence-corrected chi connectivity index (χ3v) is 5.71. The number of esters is 1. The molecule has 152 valence electrons. The summed E-state index contributed by atoms with van der Waals surface area (Å²) in [6, 6.07) is 10.3. The van der Waals surface area contributed by atoms with E-state index in [2.05, 4.69) is 15.5 Å². The Hall–Kier alpha value is -3.52. The number of anilines is 1. The van der Waals surface area contributed by atoms with Gasteiger partial charge < -0.3 is 14.6 Å². The first kappa shape index (κ1) is 19.8. The fraction of sp³-hybridized carbons (Fsp3) is 0.182. The van der Waals surface area contributed by atoms with Crippen molar-refractivity contribution in [3.8, 4) is 11.3 Å². The van der Waals surface area contributed by atoms with Crippen molar-refractivity contribution in [1.82, 2.24) is 10.1 Å². The van der Waals surface area contributed by atoms with Gasteiger partial charge in [-0.25, -0.2) is 9.78 Å². The number of carbonyl (C=O) groups excluding carboxylic acids is 2. The number of carbonyl (C=O) groups is 2. The van der Waals surface area contributed by atoms with Crippen LogP contribution >= 0.6 is 11.3 Å². The van der Waals surface area contributed by atoms with Crippen molar-refractivity contribution in [3.05, 3.63) is 63.0 Å². The summed E-state index contributed by atoms with van der Waals surface area (Å²) in [4.78, 5) is 31.6. The molecule has 0 aliphatic heterocycles. The third-order valence-electron chi connectivity index (χ3n) is 4.74. The Balaban J connectivity index is 1.73. The van der Waals surface area contributed by atoms with E-state index in [1.807, 2.05) is 19.9 Å². The van der Waals surface area contributed by atoms with Gasteiger partial charge in [-0.3, -0.25) is 4.79 Å². The molecule has 4 rings (SSSR count). The van der Waals surface area contributed by atoms with Gasteiger partial charge in [0.1, 0.15) is 0 Å². The largest absolute Gasteiger partial charge is 0.465 e. The van der Waals surface area contributed by atoms with E-state index in [1.54, 1.807) is 48.6 Å². The molecule has 1 aromatic carbocycles. The first-order chi connectivity index (χ1) is 14.4. The zero-order valence-corrected chi connectivity index (χ0v) is 17.7. The minimum atomic E-state index is -0.435. The molecule has 1 amide bonds. The van der Waals surface area contributed by atoms with Crippen LogP contribution in [0.15, 0.2) is 40.9 Å². The number of hydrogen-bond donors (Lipinski definition) is 1. The van der Waals surface area contributed by atoms with Gasteiger partial charge in [0.25, 0.3) is 11.6 Å². The number of amides is 1. The number of rotatable bonds is 4. The van der Waals surface area contributed by atoms with E-state index >= 15 is 0 Å². The molecule has 0 aliphatic rings. The van der Waals surface area contributed by atoms with Crippen LogP contribution in [0.2, 0.25) is 0 Å². The van der Waals surface area contributed by atoms with Gasteiger partial charge in [0.2, 0.25) is 0 Å². The van der Waals surface area contributed by atoms with Crippen LogP contribution in [-0.4, -0.2) is 29.1 Å². The van der Waals surface area contributed by atoms with Crippen LogP contribution in [0.5, 0.6) is 0 Å². The van der Waals surface area contributed by atoms with Crippen molar-refractivity contribution in [2.45, 2.75) is 20.8 Å². The number of fused-ring (bicyclic) bond motifs is 1. The van der Waals surface area contributed by atoms with Crippen LogP contribution in [-0.2, 0) is 4.74 Å². The summed E-state index contributed by atoms with van der Waals surface area (Å²) < 4.78 is 10.1.